The van der Waals surface area contributed by atoms with Crippen molar-refractivity contribution in [2.24, 2.45) is 5.92 Å². The van der Waals surface area contributed by atoms with Gasteiger partial charge in [0.25, 0.3) is 0 Å². The van der Waals surface area contributed by atoms with Crippen molar-refractivity contribution in [3.05, 3.63) is 23.3 Å². The molecule has 3 rings (SSSR count). The van der Waals surface area contributed by atoms with E-state index in [4.69, 9.17) is 0 Å². The Morgan fingerprint density at radius 3 is 2.73 bits per heavy atom. The summed E-state index contributed by atoms with van der Waals surface area (Å²) < 4.78 is 0. The van der Waals surface area contributed by atoms with E-state index in [9.17, 15) is 5.11 Å². The van der Waals surface area contributed by atoms with Crippen molar-refractivity contribution >= 4 is 11.8 Å². The second kappa shape index (κ2) is 3.39. The molecule has 0 bridgehead atoms. The topological polar surface area (TPSA) is 20.2 Å². The second-order valence-electron chi connectivity index (χ2n) is 5.06. The number of thioether (sulfide) groups is 1. The first-order chi connectivity index (χ1) is 7.20. The first kappa shape index (κ1) is 9.98. The number of fused-ring (bicyclic) bond motifs is 1. The van der Waals surface area contributed by atoms with Gasteiger partial charge in [0.1, 0.15) is 4.93 Å². The fourth-order valence-electron chi connectivity index (χ4n) is 2.89. The number of aliphatic hydroxyl groups is 1. The van der Waals surface area contributed by atoms with Crippen molar-refractivity contribution in [2.45, 2.75) is 49.2 Å². The maximum absolute atomic E-state index is 10.1. The molecule has 2 aliphatic carbocycles. The van der Waals surface area contributed by atoms with Gasteiger partial charge in [0.05, 0.1) is 5.25 Å². The monoisotopic (exact) mass is 222 g/mol. The third kappa shape index (κ3) is 1.58. The van der Waals surface area contributed by atoms with Gasteiger partial charge >= 0.3 is 0 Å². The molecule has 2 fully saturated rings. The first-order valence-electron chi connectivity index (χ1n) is 6.01. The SMILES string of the molecule is CC1=CC(C2CCCCC2)=CC2SC12O. The average molecular weight is 222 g/mol. The summed E-state index contributed by atoms with van der Waals surface area (Å²) in [6.45, 7) is 2.07. The van der Waals surface area contributed by atoms with Crippen LogP contribution in [0.2, 0.25) is 0 Å². The molecule has 1 heterocycles. The molecule has 1 saturated heterocycles. The van der Waals surface area contributed by atoms with Crippen LogP contribution in [0.25, 0.3) is 0 Å². The maximum Gasteiger partial charge on any atom is 0.148 e. The zero-order chi connectivity index (χ0) is 10.5. The Kier molecular flexibility index (Phi) is 2.26. The molecular formula is C13H18OS. The zero-order valence-electron chi connectivity index (χ0n) is 9.20. The number of hydrogen-bond donors (Lipinski definition) is 1. The molecular weight excluding hydrogens is 204 g/mol. The molecule has 82 valence electrons. The lowest BCUT2D eigenvalue weighted by molar-refractivity contribution is 0.214. The van der Waals surface area contributed by atoms with Crippen LogP contribution in [-0.2, 0) is 0 Å². The van der Waals surface area contributed by atoms with Crippen LogP contribution in [-0.4, -0.2) is 15.3 Å². The predicted molar refractivity (Wildman–Crippen MR) is 64.7 cm³/mol. The highest BCUT2D eigenvalue weighted by Gasteiger charge is 2.56. The summed E-state index contributed by atoms with van der Waals surface area (Å²) in [5, 5.41) is 10.4. The number of hydrogen-bond acceptors (Lipinski definition) is 2. The smallest absolute Gasteiger partial charge is 0.148 e. The molecule has 3 aliphatic rings. The maximum atomic E-state index is 10.1. The molecule has 0 spiro atoms. The van der Waals surface area contributed by atoms with Gasteiger partial charge in [-0.3, -0.25) is 0 Å². The number of rotatable bonds is 1. The minimum Gasteiger partial charge on any atom is -0.374 e. The molecule has 0 amide bonds. The normalized spacial score (nSPS) is 40.5. The molecule has 1 saturated carbocycles. The van der Waals surface area contributed by atoms with Crippen LogP contribution >= 0.6 is 11.8 Å². The van der Waals surface area contributed by atoms with Gasteiger partial charge in [-0.25, -0.2) is 0 Å². The van der Waals surface area contributed by atoms with E-state index in [1.807, 2.05) is 0 Å². The van der Waals surface area contributed by atoms with Gasteiger partial charge in [-0.05, 0) is 36.8 Å². The molecule has 15 heavy (non-hydrogen) atoms. The molecule has 0 aromatic heterocycles. The Morgan fingerprint density at radius 2 is 2.07 bits per heavy atom. The molecule has 1 nitrogen and oxygen atoms in total. The van der Waals surface area contributed by atoms with Crippen LogP contribution in [0.3, 0.4) is 0 Å². The standard InChI is InChI=1S/C13H18OS/c1-9-7-11(8-12-13(9,14)15-12)10-5-3-2-4-6-10/h7-8,10,12,14H,2-6H2,1H3. The van der Waals surface area contributed by atoms with Gasteiger partial charge in [-0.15, -0.1) is 11.8 Å². The molecule has 2 atom stereocenters. The Labute approximate surface area is 95.6 Å². The highest BCUT2D eigenvalue weighted by molar-refractivity contribution is 8.08. The van der Waals surface area contributed by atoms with Gasteiger partial charge < -0.3 is 5.11 Å². The van der Waals surface area contributed by atoms with Crippen molar-refractivity contribution in [3.63, 3.8) is 0 Å². The third-order valence-electron chi connectivity index (χ3n) is 4.00. The van der Waals surface area contributed by atoms with Crippen molar-refractivity contribution < 1.29 is 5.11 Å². The highest BCUT2D eigenvalue weighted by atomic mass is 32.2. The van der Waals surface area contributed by atoms with Crippen molar-refractivity contribution in [2.75, 3.05) is 0 Å². The van der Waals surface area contributed by atoms with E-state index in [1.54, 1.807) is 11.8 Å². The van der Waals surface area contributed by atoms with Gasteiger partial charge in [0.15, 0.2) is 0 Å². The molecule has 1 N–H and O–H groups in total. The lowest BCUT2D eigenvalue weighted by Crippen LogP contribution is -2.20. The lowest BCUT2D eigenvalue weighted by Gasteiger charge is -2.25. The van der Waals surface area contributed by atoms with Crippen molar-refractivity contribution in [1.29, 1.82) is 0 Å². The third-order valence-corrected chi connectivity index (χ3v) is 5.42. The Bertz CT molecular complexity index is 338. The van der Waals surface area contributed by atoms with E-state index >= 15 is 0 Å². The van der Waals surface area contributed by atoms with E-state index < -0.39 is 4.93 Å². The Hall–Kier alpha value is -0.210. The van der Waals surface area contributed by atoms with E-state index in [-0.39, 0.29) is 0 Å². The summed E-state index contributed by atoms with van der Waals surface area (Å²) in [4.78, 5) is -0.516. The molecule has 0 aromatic rings. The summed E-state index contributed by atoms with van der Waals surface area (Å²) >= 11 is 1.69. The van der Waals surface area contributed by atoms with Crippen LogP contribution in [0.5, 0.6) is 0 Å². The van der Waals surface area contributed by atoms with Crippen LogP contribution in [0, 0.1) is 5.92 Å². The predicted octanol–water partition coefficient (Wildman–Crippen LogP) is 3.26. The molecule has 0 radical (unpaired) electrons. The van der Waals surface area contributed by atoms with Crippen LogP contribution in [0.15, 0.2) is 23.3 Å². The minimum atomic E-state index is -0.516. The second-order valence-corrected chi connectivity index (χ2v) is 6.43. The van der Waals surface area contributed by atoms with Gasteiger partial charge in [0, 0.05) is 0 Å². The quantitative estimate of drug-likeness (QED) is 0.687. The zero-order valence-corrected chi connectivity index (χ0v) is 10.0. The Morgan fingerprint density at radius 1 is 1.33 bits per heavy atom. The molecule has 1 aliphatic heterocycles. The fourth-order valence-corrected chi connectivity index (χ4v) is 3.93. The summed E-state index contributed by atoms with van der Waals surface area (Å²) in [6.07, 6.45) is 11.4. The summed E-state index contributed by atoms with van der Waals surface area (Å²) in [5.74, 6) is 0.777. The van der Waals surface area contributed by atoms with Gasteiger partial charge in [-0.1, -0.05) is 31.4 Å². The lowest BCUT2D eigenvalue weighted by atomic mass is 9.80. The minimum absolute atomic E-state index is 0.361. The van der Waals surface area contributed by atoms with Crippen molar-refractivity contribution in [1.82, 2.24) is 0 Å². The molecule has 2 unspecified atom stereocenters. The van der Waals surface area contributed by atoms with Crippen LogP contribution in [0.4, 0.5) is 0 Å². The van der Waals surface area contributed by atoms with E-state index in [1.165, 1.54) is 43.3 Å². The summed E-state index contributed by atoms with van der Waals surface area (Å²) in [7, 11) is 0. The molecule has 0 aromatic carbocycles. The number of allylic oxidation sites excluding steroid dienone is 2. The van der Waals surface area contributed by atoms with Crippen LogP contribution < -0.4 is 0 Å². The van der Waals surface area contributed by atoms with E-state index in [2.05, 4.69) is 19.1 Å². The summed E-state index contributed by atoms with van der Waals surface area (Å²) in [5.41, 5.74) is 2.67. The first-order valence-corrected chi connectivity index (χ1v) is 6.89. The Balaban J connectivity index is 1.80. The van der Waals surface area contributed by atoms with Gasteiger partial charge in [0.2, 0.25) is 0 Å². The molecule has 2 heteroatoms. The highest BCUT2D eigenvalue weighted by Crippen LogP contribution is 2.59. The van der Waals surface area contributed by atoms with E-state index in [0.29, 0.717) is 5.25 Å². The van der Waals surface area contributed by atoms with Crippen LogP contribution in [0.1, 0.15) is 39.0 Å². The fraction of sp³-hybridized carbons (Fsp3) is 0.692. The average Bonchev–Trinajstić information content (AvgIpc) is 2.92. The largest absolute Gasteiger partial charge is 0.374 e. The van der Waals surface area contributed by atoms with Crippen molar-refractivity contribution in [3.8, 4) is 0 Å². The van der Waals surface area contributed by atoms with Gasteiger partial charge in [-0.2, -0.15) is 0 Å². The van der Waals surface area contributed by atoms with E-state index in [0.717, 1.165) is 5.92 Å². The summed E-state index contributed by atoms with van der Waals surface area (Å²) in [6, 6.07) is 0.